The van der Waals surface area contributed by atoms with E-state index in [-0.39, 0.29) is 11.5 Å². The third-order valence-electron chi connectivity index (χ3n) is 6.73. The van der Waals surface area contributed by atoms with Gasteiger partial charge in [0.1, 0.15) is 0 Å². The molecule has 28 heavy (non-hydrogen) atoms. The van der Waals surface area contributed by atoms with Gasteiger partial charge in [-0.25, -0.2) is 0 Å². The molecule has 3 rings (SSSR count). The first-order chi connectivity index (χ1) is 13.6. The van der Waals surface area contributed by atoms with Crippen molar-refractivity contribution >= 4 is 0 Å². The highest BCUT2D eigenvalue weighted by molar-refractivity contribution is 5.35. The van der Waals surface area contributed by atoms with Crippen LogP contribution in [-0.4, -0.2) is 13.2 Å². The first-order valence-corrected chi connectivity index (χ1v) is 11.0. The van der Waals surface area contributed by atoms with Gasteiger partial charge in [0.05, 0.1) is 13.2 Å². The number of hydrogen-bond donors (Lipinski definition) is 0. The largest absolute Gasteiger partial charge is 0.490 e. The van der Waals surface area contributed by atoms with E-state index in [1.807, 2.05) is 6.08 Å². The van der Waals surface area contributed by atoms with E-state index >= 15 is 0 Å². The van der Waals surface area contributed by atoms with Crippen LogP contribution in [0, 0.1) is 35.3 Å². The summed E-state index contributed by atoms with van der Waals surface area (Å²) in [5.41, 5.74) is 0. The molecule has 0 amide bonds. The third-order valence-corrected chi connectivity index (χ3v) is 6.73. The van der Waals surface area contributed by atoms with Crippen molar-refractivity contribution < 1.29 is 18.3 Å². The predicted molar refractivity (Wildman–Crippen MR) is 109 cm³/mol. The zero-order valence-corrected chi connectivity index (χ0v) is 17.1. The van der Waals surface area contributed by atoms with Gasteiger partial charge in [0.25, 0.3) is 0 Å². The van der Waals surface area contributed by atoms with Crippen molar-refractivity contribution in [2.45, 2.75) is 64.7 Å². The van der Waals surface area contributed by atoms with Crippen LogP contribution >= 0.6 is 0 Å². The van der Waals surface area contributed by atoms with Gasteiger partial charge < -0.3 is 9.47 Å². The van der Waals surface area contributed by atoms with Crippen LogP contribution in [0.5, 0.6) is 11.5 Å². The summed E-state index contributed by atoms with van der Waals surface area (Å²) in [6.45, 7) is 6.97. The molecule has 2 aliphatic rings. The summed E-state index contributed by atoms with van der Waals surface area (Å²) in [6.07, 6.45) is 12.2. The van der Waals surface area contributed by atoms with E-state index in [0.717, 1.165) is 44.4 Å². The summed E-state index contributed by atoms with van der Waals surface area (Å²) >= 11 is 0. The summed E-state index contributed by atoms with van der Waals surface area (Å²) < 4.78 is 40.0. The van der Waals surface area contributed by atoms with Crippen molar-refractivity contribution in [1.82, 2.24) is 0 Å². The maximum Gasteiger partial charge on any atom is 0.204 e. The maximum absolute atomic E-state index is 14.4. The van der Waals surface area contributed by atoms with Crippen molar-refractivity contribution in [1.29, 1.82) is 0 Å². The highest BCUT2D eigenvalue weighted by Gasteiger charge is 2.23. The number of benzene rings is 1. The molecule has 0 unspecified atom stereocenters. The Labute approximate surface area is 168 Å². The van der Waals surface area contributed by atoms with Crippen LogP contribution in [0.25, 0.3) is 0 Å². The van der Waals surface area contributed by atoms with Crippen LogP contribution in [0.3, 0.4) is 0 Å². The Hall–Kier alpha value is -1.58. The Balaban J connectivity index is 1.48. The smallest absolute Gasteiger partial charge is 0.204 e. The van der Waals surface area contributed by atoms with Gasteiger partial charge in [-0.05, 0) is 74.3 Å². The SMILES string of the molecule is C=C[C@H]1CC[C@H](COc2ccc(OC[C@H]3CC[C@H](CC)CC3)c(F)c2F)CC1. The third kappa shape index (κ3) is 5.48. The molecular weight excluding hydrogens is 358 g/mol. The average Bonchev–Trinajstić information content (AvgIpc) is 2.75. The second-order valence-electron chi connectivity index (χ2n) is 8.62. The number of rotatable bonds is 8. The fourth-order valence-corrected chi connectivity index (χ4v) is 4.55. The lowest BCUT2D eigenvalue weighted by molar-refractivity contribution is 0.172. The van der Waals surface area contributed by atoms with E-state index in [4.69, 9.17) is 9.47 Å². The molecule has 0 N–H and O–H groups in total. The molecule has 0 aliphatic heterocycles. The maximum atomic E-state index is 14.4. The molecule has 156 valence electrons. The van der Waals surface area contributed by atoms with Crippen LogP contribution in [-0.2, 0) is 0 Å². The van der Waals surface area contributed by atoms with Crippen molar-refractivity contribution in [2.75, 3.05) is 13.2 Å². The molecule has 2 fully saturated rings. The van der Waals surface area contributed by atoms with Gasteiger partial charge in [0.15, 0.2) is 11.5 Å². The Morgan fingerprint density at radius 2 is 1.25 bits per heavy atom. The minimum Gasteiger partial charge on any atom is -0.490 e. The topological polar surface area (TPSA) is 18.5 Å². The Morgan fingerprint density at radius 1 is 0.821 bits per heavy atom. The van der Waals surface area contributed by atoms with Gasteiger partial charge in [-0.2, -0.15) is 8.78 Å². The molecule has 4 heteroatoms. The number of hydrogen-bond acceptors (Lipinski definition) is 2. The molecule has 0 bridgehead atoms. The van der Waals surface area contributed by atoms with Gasteiger partial charge in [0, 0.05) is 0 Å². The van der Waals surface area contributed by atoms with Gasteiger partial charge >= 0.3 is 0 Å². The summed E-state index contributed by atoms with van der Waals surface area (Å²) in [7, 11) is 0. The van der Waals surface area contributed by atoms with Crippen LogP contribution in [0.2, 0.25) is 0 Å². The monoisotopic (exact) mass is 392 g/mol. The molecule has 0 atom stereocenters. The van der Waals surface area contributed by atoms with Crippen LogP contribution < -0.4 is 9.47 Å². The van der Waals surface area contributed by atoms with Crippen molar-refractivity contribution in [3.05, 3.63) is 36.4 Å². The lowest BCUT2D eigenvalue weighted by atomic mass is 9.81. The summed E-state index contributed by atoms with van der Waals surface area (Å²) in [4.78, 5) is 0. The first kappa shape index (κ1) is 21.1. The average molecular weight is 393 g/mol. The van der Waals surface area contributed by atoms with Crippen LogP contribution in [0.4, 0.5) is 8.78 Å². The van der Waals surface area contributed by atoms with E-state index in [1.165, 1.54) is 31.4 Å². The molecule has 2 nitrogen and oxygen atoms in total. The number of ether oxygens (including phenoxy) is 2. The highest BCUT2D eigenvalue weighted by Crippen LogP contribution is 2.34. The molecule has 2 aliphatic carbocycles. The van der Waals surface area contributed by atoms with Gasteiger partial charge in [-0.3, -0.25) is 0 Å². The van der Waals surface area contributed by atoms with E-state index < -0.39 is 11.6 Å². The minimum absolute atomic E-state index is 0.00560. The molecule has 2 saturated carbocycles. The molecule has 1 aromatic carbocycles. The lowest BCUT2D eigenvalue weighted by Gasteiger charge is -2.27. The first-order valence-electron chi connectivity index (χ1n) is 11.0. The fraction of sp³-hybridized carbons (Fsp3) is 0.667. The molecule has 0 saturated heterocycles. The zero-order valence-electron chi connectivity index (χ0n) is 17.1. The van der Waals surface area contributed by atoms with Crippen LogP contribution in [0.15, 0.2) is 24.8 Å². The van der Waals surface area contributed by atoms with E-state index in [1.54, 1.807) is 0 Å². The van der Waals surface area contributed by atoms with Crippen molar-refractivity contribution in [3.8, 4) is 11.5 Å². The van der Waals surface area contributed by atoms with Crippen molar-refractivity contribution in [2.24, 2.45) is 23.7 Å². The second-order valence-corrected chi connectivity index (χ2v) is 8.62. The summed E-state index contributed by atoms with van der Waals surface area (Å²) in [5, 5.41) is 0. The molecule has 0 radical (unpaired) electrons. The molecular formula is C24H34F2O2. The minimum atomic E-state index is -0.938. The molecule has 1 aromatic rings. The highest BCUT2D eigenvalue weighted by atomic mass is 19.2. The summed E-state index contributed by atoms with van der Waals surface area (Å²) in [5.74, 6) is 0.336. The fourth-order valence-electron chi connectivity index (χ4n) is 4.55. The van der Waals surface area contributed by atoms with Crippen molar-refractivity contribution in [3.63, 3.8) is 0 Å². The Kier molecular flexibility index (Phi) is 7.75. The number of halogens is 2. The summed E-state index contributed by atoms with van der Waals surface area (Å²) in [6, 6.07) is 3.00. The molecule has 0 heterocycles. The lowest BCUT2D eigenvalue weighted by Crippen LogP contribution is -2.20. The Bertz CT molecular complexity index is 630. The molecule has 0 spiro atoms. The van der Waals surface area contributed by atoms with Crippen LogP contribution in [0.1, 0.15) is 64.7 Å². The molecule has 0 aromatic heterocycles. The van der Waals surface area contributed by atoms with Gasteiger partial charge in [0.2, 0.25) is 11.6 Å². The van der Waals surface area contributed by atoms with Gasteiger partial charge in [-0.15, -0.1) is 6.58 Å². The number of allylic oxidation sites excluding steroid dienone is 1. The van der Waals surface area contributed by atoms with E-state index in [9.17, 15) is 8.78 Å². The standard InChI is InChI=1S/C24H34F2O2/c1-3-17-5-9-19(10-6-17)15-27-21-13-14-22(24(26)23(21)25)28-16-20-11-7-18(4-2)8-12-20/h3,13-14,17-20H,1,4-12,15-16H2,2H3/t17-,18-,19-,20-. The predicted octanol–water partition coefficient (Wildman–Crippen LogP) is 6.93. The van der Waals surface area contributed by atoms with Gasteiger partial charge in [-0.1, -0.05) is 32.3 Å². The quantitative estimate of drug-likeness (QED) is 0.447. The Morgan fingerprint density at radius 3 is 1.68 bits per heavy atom. The second kappa shape index (κ2) is 10.3. The normalized spacial score (nSPS) is 28.0. The van der Waals surface area contributed by atoms with E-state index in [2.05, 4.69) is 13.5 Å². The van der Waals surface area contributed by atoms with E-state index in [0.29, 0.717) is 31.0 Å². The zero-order chi connectivity index (χ0) is 19.9.